The van der Waals surface area contributed by atoms with Crippen LogP contribution in [0.5, 0.6) is 0 Å². The van der Waals surface area contributed by atoms with Crippen molar-refractivity contribution in [1.29, 1.82) is 0 Å². The van der Waals surface area contributed by atoms with Crippen LogP contribution in [0.4, 0.5) is 11.8 Å². The van der Waals surface area contributed by atoms with Gasteiger partial charge < -0.3 is 10.6 Å². The van der Waals surface area contributed by atoms with Gasteiger partial charge in [0.05, 0.1) is 5.52 Å². The van der Waals surface area contributed by atoms with Gasteiger partial charge in [-0.05, 0) is 31.9 Å². The van der Waals surface area contributed by atoms with E-state index in [1.165, 1.54) is 5.56 Å². The molecule has 1 aromatic carbocycles. The molecule has 0 radical (unpaired) electrons. The lowest BCUT2D eigenvalue weighted by Crippen LogP contribution is -2.20. The van der Waals surface area contributed by atoms with Crippen molar-refractivity contribution in [3.8, 4) is 0 Å². The molecule has 23 heavy (non-hydrogen) atoms. The normalized spacial score (nSPS) is 10.5. The molecule has 0 atom stereocenters. The molecule has 1 heterocycles. The number of hydrogen-bond acceptors (Lipinski definition) is 4. The highest BCUT2D eigenvalue weighted by molar-refractivity contribution is 5.90. The van der Waals surface area contributed by atoms with Gasteiger partial charge in [-0.1, -0.05) is 29.9 Å². The Bertz CT molecular complexity index is 696. The van der Waals surface area contributed by atoms with Gasteiger partial charge >= 0.3 is 0 Å². The van der Waals surface area contributed by atoms with E-state index in [9.17, 15) is 0 Å². The summed E-state index contributed by atoms with van der Waals surface area (Å²) in [5.74, 6) is 1.43. The third kappa shape index (κ3) is 4.42. The van der Waals surface area contributed by atoms with Crippen molar-refractivity contribution in [2.75, 3.05) is 17.2 Å². The van der Waals surface area contributed by atoms with Gasteiger partial charge in [0, 0.05) is 18.0 Å². The fraction of sp³-hybridized carbons (Fsp3) is 0.263. The second-order valence-electron chi connectivity index (χ2n) is 5.48. The summed E-state index contributed by atoms with van der Waals surface area (Å²) in [6, 6.07) is 6.36. The molecule has 4 heteroatoms. The molecule has 0 aliphatic rings. The van der Waals surface area contributed by atoms with Gasteiger partial charge in [0.2, 0.25) is 5.95 Å². The van der Waals surface area contributed by atoms with Crippen LogP contribution in [0.3, 0.4) is 0 Å². The van der Waals surface area contributed by atoms with Gasteiger partial charge in [-0.2, -0.15) is 4.98 Å². The summed E-state index contributed by atoms with van der Waals surface area (Å²) in [5, 5.41) is 7.68. The van der Waals surface area contributed by atoms with Gasteiger partial charge in [-0.25, -0.2) is 4.98 Å². The molecule has 2 N–H and O–H groups in total. The van der Waals surface area contributed by atoms with Crippen molar-refractivity contribution in [1.82, 2.24) is 9.97 Å². The average Bonchev–Trinajstić information content (AvgIpc) is 2.53. The second kappa shape index (κ2) is 8.13. The molecule has 0 aliphatic carbocycles. The molecule has 0 spiro atoms. The first-order chi connectivity index (χ1) is 11.2. The van der Waals surface area contributed by atoms with E-state index in [0.29, 0.717) is 12.5 Å². The molecule has 0 fully saturated rings. The Morgan fingerprint density at radius 1 is 1.09 bits per heavy atom. The van der Waals surface area contributed by atoms with E-state index in [2.05, 4.69) is 59.4 Å². The lowest BCUT2D eigenvalue weighted by molar-refractivity contribution is 0.736. The van der Waals surface area contributed by atoms with E-state index in [1.807, 2.05) is 24.3 Å². The zero-order chi connectivity index (χ0) is 16.7. The molecule has 1 aromatic heterocycles. The number of nitrogens with zero attached hydrogens (tertiary/aromatic N) is 2. The number of benzene rings is 1. The van der Waals surface area contributed by atoms with E-state index in [0.717, 1.165) is 29.6 Å². The molecule has 2 rings (SSSR count). The quantitative estimate of drug-likeness (QED) is 0.671. The van der Waals surface area contributed by atoms with Crippen LogP contribution < -0.4 is 10.6 Å². The highest BCUT2D eigenvalue weighted by Gasteiger charge is 2.11. The van der Waals surface area contributed by atoms with Gasteiger partial charge in [0.15, 0.2) is 0 Å². The Balaban J connectivity index is 2.39. The van der Waals surface area contributed by atoms with E-state index >= 15 is 0 Å². The summed E-state index contributed by atoms with van der Waals surface area (Å²) in [6.07, 6.45) is 7.26. The first kappa shape index (κ1) is 16.7. The Kier molecular flexibility index (Phi) is 5.92. The van der Waals surface area contributed by atoms with Gasteiger partial charge in [-0.3, -0.25) is 0 Å². The summed E-state index contributed by atoms with van der Waals surface area (Å²) in [7, 11) is 0. The minimum atomic E-state index is 0.195. The van der Waals surface area contributed by atoms with Crippen molar-refractivity contribution in [2.45, 2.75) is 25.8 Å². The predicted octanol–water partition coefficient (Wildman–Crippen LogP) is 4.47. The van der Waals surface area contributed by atoms with Crippen LogP contribution in [0.2, 0.25) is 0 Å². The maximum absolute atomic E-state index is 4.63. The lowest BCUT2D eigenvalue weighted by atomic mass is 10.1. The van der Waals surface area contributed by atoms with E-state index in [1.54, 1.807) is 0 Å². The fourth-order valence-electron chi connectivity index (χ4n) is 2.41. The first-order valence-electron chi connectivity index (χ1n) is 7.79. The third-order valence-electron chi connectivity index (χ3n) is 3.50. The number of rotatable bonds is 9. The van der Waals surface area contributed by atoms with Crippen molar-refractivity contribution in [2.24, 2.45) is 0 Å². The molecule has 0 saturated carbocycles. The van der Waals surface area contributed by atoms with Crippen LogP contribution in [-0.4, -0.2) is 22.6 Å². The highest BCUT2D eigenvalue weighted by Crippen LogP contribution is 2.24. The van der Waals surface area contributed by atoms with E-state index in [4.69, 9.17) is 0 Å². The summed E-state index contributed by atoms with van der Waals surface area (Å²) in [5.41, 5.74) is 2.09. The molecular formula is C19H24N4. The Hall–Kier alpha value is -2.62. The van der Waals surface area contributed by atoms with Crippen LogP contribution in [0.15, 0.2) is 56.2 Å². The van der Waals surface area contributed by atoms with Gasteiger partial charge in [0.25, 0.3) is 0 Å². The Morgan fingerprint density at radius 3 is 2.48 bits per heavy atom. The molecule has 0 amide bonds. The summed E-state index contributed by atoms with van der Waals surface area (Å²) in [4.78, 5) is 9.27. The van der Waals surface area contributed by atoms with Crippen LogP contribution in [0.25, 0.3) is 10.9 Å². The largest absolute Gasteiger partial charge is 0.366 e. The maximum Gasteiger partial charge on any atom is 0.225 e. The van der Waals surface area contributed by atoms with Crippen LogP contribution >= 0.6 is 0 Å². The second-order valence-corrected chi connectivity index (χ2v) is 5.48. The van der Waals surface area contributed by atoms with E-state index in [-0.39, 0.29) is 6.04 Å². The standard InChI is InChI=1S/C19H24N4/c1-5-8-15(9-6-2)21-19-22-17-11-10-14(4)13-16(17)18(23-19)20-12-7-3/h5-7,10-11,13,15H,1-3,8-9,12H2,4H3,(H2,20,21,22,23). The molecule has 0 bridgehead atoms. The molecule has 0 aliphatic heterocycles. The molecule has 0 saturated heterocycles. The molecule has 120 valence electrons. The zero-order valence-corrected chi connectivity index (χ0v) is 13.7. The summed E-state index contributed by atoms with van der Waals surface area (Å²) in [6.45, 7) is 14.1. The molecular weight excluding hydrogens is 284 g/mol. The minimum absolute atomic E-state index is 0.195. The Labute approximate surface area is 138 Å². The average molecular weight is 308 g/mol. The lowest BCUT2D eigenvalue weighted by Gasteiger charge is -2.17. The SMILES string of the molecule is C=CCNc1nc(NC(CC=C)CC=C)nc2ccc(C)cc12. The van der Waals surface area contributed by atoms with Crippen molar-refractivity contribution in [3.63, 3.8) is 0 Å². The van der Waals surface area contributed by atoms with E-state index < -0.39 is 0 Å². The van der Waals surface area contributed by atoms with Gasteiger partial charge in [0.1, 0.15) is 5.82 Å². The topological polar surface area (TPSA) is 49.8 Å². The van der Waals surface area contributed by atoms with Crippen LogP contribution in [0.1, 0.15) is 18.4 Å². The number of anilines is 2. The molecule has 0 unspecified atom stereocenters. The minimum Gasteiger partial charge on any atom is -0.366 e. The molecule has 4 nitrogen and oxygen atoms in total. The van der Waals surface area contributed by atoms with Crippen molar-refractivity contribution >= 4 is 22.7 Å². The summed E-state index contributed by atoms with van der Waals surface area (Å²) >= 11 is 0. The number of aromatic nitrogens is 2. The fourth-order valence-corrected chi connectivity index (χ4v) is 2.41. The monoisotopic (exact) mass is 308 g/mol. The molecule has 2 aromatic rings. The smallest absolute Gasteiger partial charge is 0.225 e. The van der Waals surface area contributed by atoms with Crippen LogP contribution in [0, 0.1) is 6.92 Å². The number of nitrogens with one attached hydrogen (secondary N) is 2. The zero-order valence-electron chi connectivity index (χ0n) is 13.7. The third-order valence-corrected chi connectivity index (χ3v) is 3.50. The Morgan fingerprint density at radius 2 is 1.83 bits per heavy atom. The number of hydrogen-bond donors (Lipinski definition) is 2. The summed E-state index contributed by atoms with van der Waals surface area (Å²) < 4.78 is 0. The van der Waals surface area contributed by atoms with Crippen molar-refractivity contribution in [3.05, 3.63) is 61.7 Å². The van der Waals surface area contributed by atoms with Crippen LogP contribution in [-0.2, 0) is 0 Å². The number of fused-ring (bicyclic) bond motifs is 1. The highest BCUT2D eigenvalue weighted by atomic mass is 15.2. The predicted molar refractivity (Wildman–Crippen MR) is 100 cm³/mol. The van der Waals surface area contributed by atoms with Gasteiger partial charge in [-0.15, -0.1) is 19.7 Å². The first-order valence-corrected chi connectivity index (χ1v) is 7.79. The number of aryl methyl sites for hydroxylation is 1. The van der Waals surface area contributed by atoms with Crippen molar-refractivity contribution < 1.29 is 0 Å². The maximum atomic E-state index is 4.63.